The molecule has 1 saturated heterocycles. The average Bonchev–Trinajstić information content (AvgIpc) is 2.54. The molecule has 0 aromatic heterocycles. The van der Waals surface area contributed by atoms with Crippen molar-refractivity contribution in [3.05, 3.63) is 35.4 Å². The number of hydrogen-bond donors (Lipinski definition) is 2. The van der Waals surface area contributed by atoms with Gasteiger partial charge in [-0.05, 0) is 51.8 Å². The fourth-order valence-corrected chi connectivity index (χ4v) is 3.34. The summed E-state index contributed by atoms with van der Waals surface area (Å²) >= 11 is 0. The number of hydrogen-bond acceptors (Lipinski definition) is 4. The molecule has 0 bridgehead atoms. The topological polar surface area (TPSA) is 46.9 Å². The average molecular weight is 344 g/mol. The largest absolute Gasteiger partial charge is 0.396 e. The Morgan fingerprint density at radius 1 is 1.20 bits per heavy atom. The van der Waals surface area contributed by atoms with Gasteiger partial charge in [-0.25, -0.2) is 0 Å². The van der Waals surface area contributed by atoms with Crippen molar-refractivity contribution in [3.63, 3.8) is 0 Å². The zero-order valence-corrected chi connectivity index (χ0v) is 16.0. The van der Waals surface area contributed by atoms with E-state index >= 15 is 0 Å². The molecular formula is C21H32N2O2. The van der Waals surface area contributed by atoms with Crippen LogP contribution >= 0.6 is 0 Å². The van der Waals surface area contributed by atoms with E-state index in [1.807, 2.05) is 12.1 Å². The fraction of sp³-hybridized carbons (Fsp3) is 0.619. The van der Waals surface area contributed by atoms with Crippen molar-refractivity contribution < 1.29 is 10.2 Å². The van der Waals surface area contributed by atoms with E-state index in [0.29, 0.717) is 12.1 Å². The number of aliphatic hydroxyl groups excluding tert-OH is 1. The van der Waals surface area contributed by atoms with Gasteiger partial charge in [-0.15, -0.1) is 0 Å². The van der Waals surface area contributed by atoms with Crippen molar-refractivity contribution in [2.75, 3.05) is 26.2 Å². The quantitative estimate of drug-likeness (QED) is 0.803. The van der Waals surface area contributed by atoms with Crippen LogP contribution in [-0.2, 0) is 6.54 Å². The molecule has 1 aliphatic rings. The fourth-order valence-electron chi connectivity index (χ4n) is 3.34. The Hall–Kier alpha value is -1.38. The lowest BCUT2D eigenvalue weighted by Crippen LogP contribution is -2.55. The van der Waals surface area contributed by atoms with E-state index in [9.17, 15) is 10.2 Å². The Kier molecular flexibility index (Phi) is 7.04. The summed E-state index contributed by atoms with van der Waals surface area (Å²) in [4.78, 5) is 4.97. The Bertz CT molecular complexity index is 593. The second-order valence-electron chi connectivity index (χ2n) is 7.74. The SMILES string of the molecule is CC(C)N1CCN(Cc2ccc(C#CC(C)(C)O)cc2)C[C@@H]1CCO. The van der Waals surface area contributed by atoms with Crippen LogP contribution in [0.5, 0.6) is 0 Å². The van der Waals surface area contributed by atoms with Crippen LogP contribution in [0.1, 0.15) is 45.2 Å². The van der Waals surface area contributed by atoms with Crippen molar-refractivity contribution in [3.8, 4) is 11.8 Å². The van der Waals surface area contributed by atoms with Gasteiger partial charge in [-0.2, -0.15) is 0 Å². The molecule has 1 atom stereocenters. The summed E-state index contributed by atoms with van der Waals surface area (Å²) in [5.74, 6) is 5.85. The van der Waals surface area contributed by atoms with Gasteiger partial charge in [0.15, 0.2) is 0 Å². The molecule has 0 aliphatic carbocycles. The molecule has 138 valence electrons. The molecule has 0 saturated carbocycles. The minimum absolute atomic E-state index is 0.246. The van der Waals surface area contributed by atoms with Gasteiger partial charge in [0, 0.05) is 50.4 Å². The highest BCUT2D eigenvalue weighted by Crippen LogP contribution is 2.18. The molecule has 1 aromatic rings. The second-order valence-corrected chi connectivity index (χ2v) is 7.74. The van der Waals surface area contributed by atoms with Crippen LogP contribution in [0.3, 0.4) is 0 Å². The summed E-state index contributed by atoms with van der Waals surface area (Å²) in [6.45, 7) is 12.1. The summed E-state index contributed by atoms with van der Waals surface area (Å²) in [6.07, 6.45) is 0.833. The van der Waals surface area contributed by atoms with Crippen molar-refractivity contribution in [1.82, 2.24) is 9.80 Å². The number of nitrogens with zero attached hydrogens (tertiary/aromatic N) is 2. The molecule has 0 spiro atoms. The van der Waals surface area contributed by atoms with Crippen LogP contribution in [0.4, 0.5) is 0 Å². The van der Waals surface area contributed by atoms with Gasteiger partial charge in [-0.3, -0.25) is 9.80 Å². The summed E-state index contributed by atoms with van der Waals surface area (Å²) in [5.41, 5.74) is 1.24. The van der Waals surface area contributed by atoms with Crippen molar-refractivity contribution in [2.24, 2.45) is 0 Å². The number of rotatable bonds is 5. The molecule has 0 radical (unpaired) electrons. The minimum atomic E-state index is -0.962. The van der Waals surface area contributed by atoms with Crippen LogP contribution in [0, 0.1) is 11.8 Å². The van der Waals surface area contributed by atoms with Gasteiger partial charge in [0.1, 0.15) is 5.60 Å². The maximum atomic E-state index is 9.68. The molecule has 1 aromatic carbocycles. The molecule has 25 heavy (non-hydrogen) atoms. The molecule has 1 heterocycles. The molecule has 0 amide bonds. The van der Waals surface area contributed by atoms with E-state index in [2.05, 4.69) is 47.6 Å². The first kappa shape index (κ1) is 19.9. The molecule has 0 unspecified atom stereocenters. The van der Waals surface area contributed by atoms with Crippen LogP contribution in [0.25, 0.3) is 0 Å². The number of piperazine rings is 1. The standard InChI is InChI=1S/C21H32N2O2/c1-17(2)23-13-12-22(16-20(23)10-14-24)15-19-7-5-18(6-8-19)9-11-21(3,4)25/h5-8,17,20,24-25H,10,12-16H2,1-4H3/t20-/m0/s1. The molecule has 4 heteroatoms. The Morgan fingerprint density at radius 3 is 2.44 bits per heavy atom. The highest BCUT2D eigenvalue weighted by Gasteiger charge is 2.28. The van der Waals surface area contributed by atoms with Crippen molar-refractivity contribution in [1.29, 1.82) is 0 Å². The second kappa shape index (κ2) is 8.82. The number of benzene rings is 1. The van der Waals surface area contributed by atoms with Gasteiger partial charge in [-0.1, -0.05) is 24.0 Å². The number of aliphatic hydroxyl groups is 2. The third-order valence-electron chi connectivity index (χ3n) is 4.61. The van der Waals surface area contributed by atoms with Crippen LogP contribution in [0.2, 0.25) is 0 Å². The highest BCUT2D eigenvalue weighted by atomic mass is 16.3. The van der Waals surface area contributed by atoms with Crippen molar-refractivity contribution in [2.45, 2.75) is 58.3 Å². The lowest BCUT2D eigenvalue weighted by molar-refractivity contribution is 0.0349. The molecule has 1 fully saturated rings. The minimum Gasteiger partial charge on any atom is -0.396 e. The zero-order chi connectivity index (χ0) is 18.4. The van der Waals surface area contributed by atoms with E-state index in [1.54, 1.807) is 13.8 Å². The Balaban J connectivity index is 1.96. The van der Waals surface area contributed by atoms with E-state index < -0.39 is 5.60 Å². The maximum Gasteiger partial charge on any atom is 0.120 e. The van der Waals surface area contributed by atoms with Gasteiger partial charge in [0.25, 0.3) is 0 Å². The first-order valence-electron chi connectivity index (χ1n) is 9.22. The first-order valence-corrected chi connectivity index (χ1v) is 9.22. The normalized spacial score (nSPS) is 19.7. The summed E-state index contributed by atoms with van der Waals surface area (Å²) in [5, 5.41) is 19.0. The van der Waals surface area contributed by atoms with Crippen molar-refractivity contribution >= 4 is 0 Å². The predicted octanol–water partition coefficient (Wildman–Crippen LogP) is 2.09. The highest BCUT2D eigenvalue weighted by molar-refractivity contribution is 5.37. The van der Waals surface area contributed by atoms with Crippen LogP contribution < -0.4 is 0 Å². The summed E-state index contributed by atoms with van der Waals surface area (Å²) in [6, 6.07) is 9.21. The van der Waals surface area contributed by atoms with E-state index in [-0.39, 0.29) is 6.61 Å². The zero-order valence-electron chi connectivity index (χ0n) is 16.0. The maximum absolute atomic E-state index is 9.68. The first-order chi connectivity index (χ1) is 11.8. The van der Waals surface area contributed by atoms with Gasteiger partial charge < -0.3 is 10.2 Å². The van der Waals surface area contributed by atoms with E-state index in [4.69, 9.17) is 0 Å². The van der Waals surface area contributed by atoms with Crippen LogP contribution in [-0.4, -0.2) is 63.9 Å². The van der Waals surface area contributed by atoms with Gasteiger partial charge in [0.2, 0.25) is 0 Å². The van der Waals surface area contributed by atoms with E-state index in [1.165, 1.54) is 5.56 Å². The molecule has 2 N–H and O–H groups in total. The third kappa shape index (κ3) is 6.45. The molecule has 4 nitrogen and oxygen atoms in total. The Labute approximate surface area is 152 Å². The molecule has 2 rings (SSSR count). The summed E-state index contributed by atoms with van der Waals surface area (Å²) < 4.78 is 0. The Morgan fingerprint density at radius 2 is 1.88 bits per heavy atom. The monoisotopic (exact) mass is 344 g/mol. The smallest absolute Gasteiger partial charge is 0.120 e. The lowest BCUT2D eigenvalue weighted by Gasteiger charge is -2.43. The lowest BCUT2D eigenvalue weighted by atomic mass is 10.0. The molecule has 1 aliphatic heterocycles. The predicted molar refractivity (Wildman–Crippen MR) is 102 cm³/mol. The third-order valence-corrected chi connectivity index (χ3v) is 4.61. The van der Waals surface area contributed by atoms with E-state index in [0.717, 1.165) is 38.2 Å². The van der Waals surface area contributed by atoms with Gasteiger partial charge in [0.05, 0.1) is 0 Å². The summed E-state index contributed by atoms with van der Waals surface area (Å²) in [7, 11) is 0. The van der Waals surface area contributed by atoms with Crippen LogP contribution in [0.15, 0.2) is 24.3 Å². The molecular weight excluding hydrogens is 312 g/mol. The van der Waals surface area contributed by atoms with Gasteiger partial charge >= 0.3 is 0 Å².